The van der Waals surface area contributed by atoms with Crippen molar-refractivity contribution in [1.29, 1.82) is 0 Å². The predicted molar refractivity (Wildman–Crippen MR) is 58.9 cm³/mol. The van der Waals surface area contributed by atoms with Crippen molar-refractivity contribution in [2.24, 2.45) is 0 Å². The van der Waals surface area contributed by atoms with Gasteiger partial charge in [0.2, 0.25) is 11.8 Å². The fraction of sp³-hybridized carbons (Fsp3) is 0.800. The van der Waals surface area contributed by atoms with Gasteiger partial charge in [-0.15, -0.1) is 0 Å². The molecule has 0 aromatic carbocycles. The maximum absolute atomic E-state index is 11.6. The topological polar surface area (TPSA) is 79.5 Å². The Labute approximate surface area is 95.1 Å². The molecule has 1 saturated heterocycles. The number of rotatable bonds is 5. The molecule has 0 saturated carbocycles. The molecule has 6 heteroatoms. The molecule has 2 amide bonds. The van der Waals surface area contributed by atoms with E-state index in [1.165, 1.54) is 0 Å². The Balaban J connectivity index is 2.12. The van der Waals surface area contributed by atoms with Crippen LogP contribution in [0.25, 0.3) is 0 Å². The zero-order valence-electron chi connectivity index (χ0n) is 9.71. The highest BCUT2D eigenvalue weighted by atomic mass is 16.5. The van der Waals surface area contributed by atoms with Crippen molar-refractivity contribution in [2.75, 3.05) is 26.2 Å². The lowest BCUT2D eigenvalue weighted by molar-refractivity contribution is -0.126. The van der Waals surface area contributed by atoms with Gasteiger partial charge < -0.3 is 15.4 Å². The van der Waals surface area contributed by atoms with Crippen molar-refractivity contribution in [3.8, 4) is 0 Å². The van der Waals surface area contributed by atoms with E-state index in [4.69, 9.17) is 4.74 Å². The number of hydrogen-bond acceptors (Lipinski definition) is 4. The monoisotopic (exact) mass is 229 g/mol. The van der Waals surface area contributed by atoms with Crippen LogP contribution >= 0.6 is 0 Å². The summed E-state index contributed by atoms with van der Waals surface area (Å²) in [5.41, 5.74) is 0. The van der Waals surface area contributed by atoms with Crippen LogP contribution in [0.3, 0.4) is 0 Å². The van der Waals surface area contributed by atoms with Gasteiger partial charge in [-0.3, -0.25) is 14.9 Å². The molecule has 1 aliphatic heterocycles. The molecule has 3 N–H and O–H groups in total. The number of hydrogen-bond donors (Lipinski definition) is 3. The maximum Gasteiger partial charge on any atom is 0.239 e. The van der Waals surface area contributed by atoms with Gasteiger partial charge in [-0.2, -0.15) is 0 Å². The van der Waals surface area contributed by atoms with Gasteiger partial charge in [-0.1, -0.05) is 0 Å². The van der Waals surface area contributed by atoms with Gasteiger partial charge in [0.25, 0.3) is 0 Å². The third kappa shape index (κ3) is 4.59. The number of ether oxygens (including phenoxy) is 1. The normalized spacial score (nSPS) is 20.7. The molecule has 1 atom stereocenters. The molecule has 1 fully saturated rings. The summed E-state index contributed by atoms with van der Waals surface area (Å²) in [6.07, 6.45) is 0.170. The lowest BCUT2D eigenvalue weighted by Crippen LogP contribution is -2.58. The summed E-state index contributed by atoms with van der Waals surface area (Å²) in [7, 11) is 0. The molecule has 0 bridgehead atoms. The summed E-state index contributed by atoms with van der Waals surface area (Å²) in [5.74, 6) is -0.181. The molecule has 0 radical (unpaired) electrons. The molecule has 6 nitrogen and oxygen atoms in total. The maximum atomic E-state index is 11.6. The third-order valence-electron chi connectivity index (χ3n) is 2.18. The average Bonchev–Trinajstić information content (AvgIpc) is 2.25. The van der Waals surface area contributed by atoms with E-state index >= 15 is 0 Å². The average molecular weight is 229 g/mol. The van der Waals surface area contributed by atoms with Crippen LogP contribution in [0, 0.1) is 0 Å². The van der Waals surface area contributed by atoms with Crippen LogP contribution in [0.5, 0.6) is 0 Å². The van der Waals surface area contributed by atoms with Crippen LogP contribution < -0.4 is 16.0 Å². The Bertz CT molecular complexity index is 246. The standard InChI is InChI=1S/C10H19N3O3/c1-7(2)16-4-3-11-10(15)8-5-13-9(14)6-12-8/h7-8,12H,3-6H2,1-2H3,(H,11,15)(H,13,14). The van der Waals surface area contributed by atoms with Crippen molar-refractivity contribution in [3.05, 3.63) is 0 Å². The summed E-state index contributed by atoms with van der Waals surface area (Å²) >= 11 is 0. The Morgan fingerprint density at radius 1 is 1.62 bits per heavy atom. The highest BCUT2D eigenvalue weighted by Gasteiger charge is 2.22. The summed E-state index contributed by atoms with van der Waals surface area (Å²) in [5, 5.41) is 8.23. The Morgan fingerprint density at radius 2 is 2.38 bits per heavy atom. The smallest absolute Gasteiger partial charge is 0.239 e. The molecule has 0 aliphatic carbocycles. The Kier molecular flexibility index (Phi) is 5.21. The fourth-order valence-electron chi connectivity index (χ4n) is 1.34. The van der Waals surface area contributed by atoms with E-state index in [1.54, 1.807) is 0 Å². The fourth-order valence-corrected chi connectivity index (χ4v) is 1.34. The van der Waals surface area contributed by atoms with E-state index in [0.717, 1.165) is 0 Å². The highest BCUT2D eigenvalue weighted by Crippen LogP contribution is 1.89. The SMILES string of the molecule is CC(C)OCCNC(=O)C1CNC(=O)CN1. The number of carbonyl (C=O) groups is 2. The molecule has 1 unspecified atom stereocenters. The first kappa shape index (κ1) is 12.9. The molecule has 0 aromatic heterocycles. The molecule has 1 heterocycles. The second-order valence-corrected chi connectivity index (χ2v) is 3.95. The molecule has 1 aliphatic rings. The van der Waals surface area contributed by atoms with Gasteiger partial charge in [0.1, 0.15) is 6.04 Å². The van der Waals surface area contributed by atoms with Crippen LogP contribution in [0.1, 0.15) is 13.8 Å². The van der Waals surface area contributed by atoms with E-state index in [9.17, 15) is 9.59 Å². The van der Waals surface area contributed by atoms with Crippen LogP contribution in [0.15, 0.2) is 0 Å². The number of carbonyl (C=O) groups excluding carboxylic acids is 2. The second-order valence-electron chi connectivity index (χ2n) is 3.95. The number of piperazine rings is 1. The van der Waals surface area contributed by atoms with E-state index in [1.807, 2.05) is 13.8 Å². The molecule has 0 spiro atoms. The van der Waals surface area contributed by atoms with E-state index < -0.39 is 0 Å². The van der Waals surface area contributed by atoms with E-state index in [0.29, 0.717) is 19.7 Å². The first-order valence-electron chi connectivity index (χ1n) is 5.49. The first-order valence-corrected chi connectivity index (χ1v) is 5.49. The lowest BCUT2D eigenvalue weighted by atomic mass is 10.2. The molecule has 92 valence electrons. The summed E-state index contributed by atoms with van der Waals surface area (Å²) in [6, 6.07) is -0.336. The summed E-state index contributed by atoms with van der Waals surface area (Å²) in [4.78, 5) is 22.4. The van der Waals surface area contributed by atoms with Crippen molar-refractivity contribution in [2.45, 2.75) is 26.0 Å². The van der Waals surface area contributed by atoms with E-state index in [2.05, 4.69) is 16.0 Å². The molecule has 16 heavy (non-hydrogen) atoms. The second kappa shape index (κ2) is 6.44. The van der Waals surface area contributed by atoms with Gasteiger partial charge >= 0.3 is 0 Å². The highest BCUT2D eigenvalue weighted by molar-refractivity contribution is 5.86. The van der Waals surface area contributed by atoms with E-state index in [-0.39, 0.29) is 30.5 Å². The summed E-state index contributed by atoms with van der Waals surface area (Å²) in [6.45, 7) is 5.42. The zero-order valence-corrected chi connectivity index (χ0v) is 9.71. The number of nitrogens with one attached hydrogen (secondary N) is 3. The minimum atomic E-state index is -0.336. The molecule has 0 aromatic rings. The minimum Gasteiger partial charge on any atom is -0.377 e. The van der Waals surface area contributed by atoms with Gasteiger partial charge in [-0.25, -0.2) is 0 Å². The van der Waals surface area contributed by atoms with Gasteiger partial charge in [-0.05, 0) is 13.8 Å². The third-order valence-corrected chi connectivity index (χ3v) is 2.18. The lowest BCUT2D eigenvalue weighted by Gasteiger charge is -2.23. The van der Waals surface area contributed by atoms with Crippen molar-refractivity contribution in [1.82, 2.24) is 16.0 Å². The van der Waals surface area contributed by atoms with Crippen molar-refractivity contribution >= 4 is 11.8 Å². The summed E-state index contributed by atoms with van der Waals surface area (Å²) < 4.78 is 5.29. The quantitative estimate of drug-likeness (QED) is 0.507. The van der Waals surface area contributed by atoms with Crippen LogP contribution in [0.4, 0.5) is 0 Å². The van der Waals surface area contributed by atoms with Gasteiger partial charge in [0.15, 0.2) is 0 Å². The Morgan fingerprint density at radius 3 is 2.94 bits per heavy atom. The predicted octanol–water partition coefficient (Wildman–Crippen LogP) is -1.38. The first-order chi connectivity index (χ1) is 7.59. The number of amides is 2. The Hall–Kier alpha value is -1.14. The van der Waals surface area contributed by atoms with Crippen molar-refractivity contribution in [3.63, 3.8) is 0 Å². The molecular weight excluding hydrogens is 210 g/mol. The molecule has 1 rings (SSSR count). The van der Waals surface area contributed by atoms with Gasteiger partial charge in [0, 0.05) is 13.1 Å². The zero-order chi connectivity index (χ0) is 12.0. The van der Waals surface area contributed by atoms with Crippen molar-refractivity contribution < 1.29 is 14.3 Å². The largest absolute Gasteiger partial charge is 0.377 e. The van der Waals surface area contributed by atoms with Crippen LogP contribution in [0.2, 0.25) is 0 Å². The molecular formula is C10H19N3O3. The van der Waals surface area contributed by atoms with Gasteiger partial charge in [0.05, 0.1) is 19.3 Å². The van der Waals surface area contributed by atoms with Crippen LogP contribution in [-0.4, -0.2) is 50.2 Å². The minimum absolute atomic E-state index is 0.0767. The van der Waals surface area contributed by atoms with Crippen LogP contribution in [-0.2, 0) is 14.3 Å².